The molecule has 2 aromatic rings. The van der Waals surface area contributed by atoms with Gasteiger partial charge in [0, 0.05) is 17.2 Å². The van der Waals surface area contributed by atoms with E-state index in [2.05, 4.69) is 25.6 Å². The van der Waals surface area contributed by atoms with E-state index >= 15 is 0 Å². The summed E-state index contributed by atoms with van der Waals surface area (Å²) >= 11 is 3.29. The van der Waals surface area contributed by atoms with Crippen LogP contribution in [-0.4, -0.2) is 13.4 Å². The van der Waals surface area contributed by atoms with Crippen LogP contribution in [0.4, 0.5) is 5.82 Å². The molecule has 112 valence electrons. The van der Waals surface area contributed by atoms with E-state index in [4.69, 9.17) is 5.73 Å². The second kappa shape index (κ2) is 6.55. The molecule has 0 atom stereocenters. The van der Waals surface area contributed by atoms with Crippen molar-refractivity contribution in [1.82, 2.24) is 4.98 Å². The van der Waals surface area contributed by atoms with Crippen LogP contribution in [0.1, 0.15) is 16.7 Å². The highest BCUT2D eigenvalue weighted by molar-refractivity contribution is 9.10. The molecule has 0 unspecified atom stereocenters. The van der Waals surface area contributed by atoms with E-state index < -0.39 is 10.0 Å². The first-order valence-corrected chi connectivity index (χ1v) is 8.74. The second-order valence-electron chi connectivity index (χ2n) is 4.70. The van der Waals surface area contributed by atoms with Gasteiger partial charge in [0.2, 0.25) is 10.0 Å². The van der Waals surface area contributed by atoms with Gasteiger partial charge in [-0.3, -0.25) is 4.72 Å². The van der Waals surface area contributed by atoms with Crippen LogP contribution in [0, 0.1) is 6.92 Å². The minimum absolute atomic E-state index is 0.113. The Bertz CT molecular complexity index is 748. The number of pyridine rings is 1. The molecule has 5 nitrogen and oxygen atoms in total. The molecule has 1 aromatic carbocycles. The number of nitrogens with one attached hydrogen (secondary N) is 1. The molecule has 1 aromatic heterocycles. The molecule has 7 heteroatoms. The normalized spacial score (nSPS) is 11.4. The number of aromatic nitrogens is 1. The molecule has 0 fully saturated rings. The van der Waals surface area contributed by atoms with Crippen molar-refractivity contribution in [1.29, 1.82) is 0 Å². The number of nitrogens with two attached hydrogens (primary N) is 1. The quantitative estimate of drug-likeness (QED) is 0.847. The van der Waals surface area contributed by atoms with Gasteiger partial charge in [-0.1, -0.05) is 24.3 Å². The third-order valence-electron chi connectivity index (χ3n) is 2.88. The summed E-state index contributed by atoms with van der Waals surface area (Å²) in [5.74, 6) is 0.228. The first kappa shape index (κ1) is 15.9. The average molecular weight is 370 g/mol. The molecule has 0 aliphatic heterocycles. The van der Waals surface area contributed by atoms with Gasteiger partial charge in [-0.05, 0) is 45.6 Å². The zero-order chi connectivity index (χ0) is 15.5. The van der Waals surface area contributed by atoms with Gasteiger partial charge < -0.3 is 5.73 Å². The molecule has 0 aliphatic rings. The number of hydrogen-bond donors (Lipinski definition) is 2. The number of nitrogens with zero attached hydrogens (tertiary/aromatic N) is 1. The van der Waals surface area contributed by atoms with Crippen molar-refractivity contribution in [3.63, 3.8) is 0 Å². The Morgan fingerprint density at radius 2 is 2.00 bits per heavy atom. The lowest BCUT2D eigenvalue weighted by atomic mass is 10.1. The first-order valence-electron chi connectivity index (χ1n) is 6.30. The number of rotatable bonds is 5. The van der Waals surface area contributed by atoms with E-state index in [1.165, 1.54) is 0 Å². The number of benzene rings is 1. The van der Waals surface area contributed by atoms with Gasteiger partial charge >= 0.3 is 0 Å². The fraction of sp³-hybridized carbons (Fsp3) is 0.214. The number of halogens is 1. The van der Waals surface area contributed by atoms with Crippen LogP contribution < -0.4 is 10.5 Å². The molecular formula is C14H16BrN3O2S. The summed E-state index contributed by atoms with van der Waals surface area (Å²) in [6.07, 6.45) is 1.56. The molecule has 3 N–H and O–H groups in total. The third-order valence-corrected chi connectivity index (χ3v) is 4.53. The van der Waals surface area contributed by atoms with Crippen LogP contribution in [0.2, 0.25) is 0 Å². The Balaban J connectivity index is 2.18. The Hall–Kier alpha value is -1.44. The van der Waals surface area contributed by atoms with Crippen molar-refractivity contribution in [2.45, 2.75) is 19.2 Å². The lowest BCUT2D eigenvalue weighted by Crippen LogP contribution is -2.17. The molecule has 0 aliphatic carbocycles. The first-order chi connectivity index (χ1) is 9.89. The highest BCUT2D eigenvalue weighted by Crippen LogP contribution is 2.19. The van der Waals surface area contributed by atoms with Crippen LogP contribution in [-0.2, 0) is 22.3 Å². The number of hydrogen-bond acceptors (Lipinski definition) is 4. The predicted molar refractivity (Wildman–Crippen MR) is 87.3 cm³/mol. The summed E-state index contributed by atoms with van der Waals surface area (Å²) in [7, 11) is -3.52. The summed E-state index contributed by atoms with van der Waals surface area (Å²) in [5.41, 5.74) is 7.91. The topological polar surface area (TPSA) is 85.1 Å². The monoisotopic (exact) mass is 369 g/mol. The van der Waals surface area contributed by atoms with E-state index in [1.54, 1.807) is 37.4 Å². The maximum absolute atomic E-state index is 12.2. The smallest absolute Gasteiger partial charge is 0.238 e. The molecule has 0 bridgehead atoms. The SMILES string of the molecule is Cc1cc(Br)cnc1NS(=O)(=O)Cc1cccc(CN)c1. The Labute approximate surface area is 132 Å². The van der Waals surface area contributed by atoms with Gasteiger partial charge in [-0.2, -0.15) is 0 Å². The van der Waals surface area contributed by atoms with Crippen molar-refractivity contribution in [2.24, 2.45) is 5.73 Å². The van der Waals surface area contributed by atoms with E-state index in [9.17, 15) is 8.42 Å². The lowest BCUT2D eigenvalue weighted by molar-refractivity contribution is 0.600. The molecule has 0 radical (unpaired) electrons. The summed E-state index contributed by atoms with van der Waals surface area (Å²) in [6.45, 7) is 2.18. The van der Waals surface area contributed by atoms with Gasteiger partial charge in [0.25, 0.3) is 0 Å². The van der Waals surface area contributed by atoms with Gasteiger partial charge in [0.05, 0.1) is 5.75 Å². The van der Waals surface area contributed by atoms with Crippen LogP contribution in [0.15, 0.2) is 41.0 Å². The van der Waals surface area contributed by atoms with Crippen molar-refractivity contribution in [3.8, 4) is 0 Å². The predicted octanol–water partition coefficient (Wildman–Crippen LogP) is 2.55. The molecule has 0 saturated heterocycles. The second-order valence-corrected chi connectivity index (χ2v) is 7.34. The zero-order valence-corrected chi connectivity index (χ0v) is 13.9. The molecule has 0 saturated carbocycles. The minimum Gasteiger partial charge on any atom is -0.326 e. The Morgan fingerprint density at radius 1 is 1.29 bits per heavy atom. The highest BCUT2D eigenvalue weighted by atomic mass is 79.9. The summed E-state index contributed by atoms with van der Waals surface area (Å²) in [4.78, 5) is 4.08. The molecular weight excluding hydrogens is 354 g/mol. The van der Waals surface area contributed by atoms with Crippen LogP contribution in [0.3, 0.4) is 0 Å². The number of anilines is 1. The van der Waals surface area contributed by atoms with E-state index in [0.717, 1.165) is 15.6 Å². The fourth-order valence-corrected chi connectivity index (χ4v) is 3.54. The fourth-order valence-electron chi connectivity index (χ4n) is 1.90. The van der Waals surface area contributed by atoms with Gasteiger partial charge in [-0.15, -0.1) is 0 Å². The van der Waals surface area contributed by atoms with E-state index in [1.807, 2.05) is 6.07 Å². The molecule has 0 spiro atoms. The van der Waals surface area contributed by atoms with Crippen molar-refractivity contribution in [3.05, 3.63) is 57.7 Å². The summed E-state index contributed by atoms with van der Waals surface area (Å²) in [5, 5.41) is 0. The van der Waals surface area contributed by atoms with Crippen molar-refractivity contribution in [2.75, 3.05) is 4.72 Å². The van der Waals surface area contributed by atoms with Crippen molar-refractivity contribution >= 4 is 31.8 Å². The number of sulfonamides is 1. The van der Waals surface area contributed by atoms with Crippen molar-refractivity contribution < 1.29 is 8.42 Å². The summed E-state index contributed by atoms with van der Waals surface area (Å²) in [6, 6.07) is 9.03. The van der Waals surface area contributed by atoms with E-state index in [0.29, 0.717) is 17.9 Å². The molecule has 21 heavy (non-hydrogen) atoms. The van der Waals surface area contributed by atoms with E-state index in [-0.39, 0.29) is 5.75 Å². The highest BCUT2D eigenvalue weighted by Gasteiger charge is 2.14. The van der Waals surface area contributed by atoms with Gasteiger partial charge in [-0.25, -0.2) is 13.4 Å². The van der Waals surface area contributed by atoms with Gasteiger partial charge in [0.1, 0.15) is 5.82 Å². The minimum atomic E-state index is -3.52. The Kier molecular flexibility index (Phi) is 4.97. The Morgan fingerprint density at radius 3 is 2.67 bits per heavy atom. The maximum atomic E-state index is 12.2. The maximum Gasteiger partial charge on any atom is 0.238 e. The lowest BCUT2D eigenvalue weighted by Gasteiger charge is -2.10. The van der Waals surface area contributed by atoms with Crippen LogP contribution in [0.5, 0.6) is 0 Å². The molecule has 1 heterocycles. The van der Waals surface area contributed by atoms with Gasteiger partial charge in [0.15, 0.2) is 0 Å². The zero-order valence-electron chi connectivity index (χ0n) is 11.5. The third kappa shape index (κ3) is 4.52. The average Bonchev–Trinajstić information content (AvgIpc) is 2.41. The summed E-state index contributed by atoms with van der Waals surface area (Å²) < 4.78 is 27.7. The van der Waals surface area contributed by atoms with Crippen LogP contribution in [0.25, 0.3) is 0 Å². The number of aryl methyl sites for hydroxylation is 1. The largest absolute Gasteiger partial charge is 0.326 e. The van der Waals surface area contributed by atoms with Crippen LogP contribution >= 0.6 is 15.9 Å². The standard InChI is InChI=1S/C14H16BrN3O2S/c1-10-5-13(15)8-17-14(10)18-21(19,20)9-12-4-2-3-11(6-12)7-16/h2-6,8H,7,9,16H2,1H3,(H,17,18). The molecule has 0 amide bonds. The molecule has 2 rings (SSSR count).